The van der Waals surface area contributed by atoms with E-state index in [1.807, 2.05) is 24.0 Å². The average Bonchev–Trinajstić information content (AvgIpc) is 2.65. The van der Waals surface area contributed by atoms with Crippen LogP contribution in [0.1, 0.15) is 32.3 Å². The highest BCUT2D eigenvalue weighted by molar-refractivity contribution is 7.92. The number of carbonyl (C=O) groups is 1. The van der Waals surface area contributed by atoms with Crippen LogP contribution in [0.15, 0.2) is 24.3 Å². The standard InChI is InChI=1S/C22H35N3O4S/c1-17-7-5-6-8-21(17)25(30(4,27)28)16-22(26)24-11-9-20(10-12-24)15-23-13-18(2)29-19(3)14-23/h5-8,18-20H,9-16H2,1-4H3. The largest absolute Gasteiger partial charge is 0.373 e. The van der Waals surface area contributed by atoms with E-state index in [1.165, 1.54) is 4.31 Å². The van der Waals surface area contributed by atoms with Gasteiger partial charge >= 0.3 is 0 Å². The number of hydrogen-bond acceptors (Lipinski definition) is 5. The molecule has 30 heavy (non-hydrogen) atoms. The maximum absolute atomic E-state index is 12.9. The quantitative estimate of drug-likeness (QED) is 0.682. The molecule has 2 aliphatic heterocycles. The number of amides is 1. The molecule has 2 saturated heterocycles. The minimum absolute atomic E-state index is 0.129. The Morgan fingerprint density at radius 3 is 2.30 bits per heavy atom. The van der Waals surface area contributed by atoms with Crippen molar-refractivity contribution in [3.8, 4) is 0 Å². The van der Waals surface area contributed by atoms with Crippen molar-refractivity contribution in [1.82, 2.24) is 9.80 Å². The predicted octanol–water partition coefficient (Wildman–Crippen LogP) is 2.11. The first-order valence-corrected chi connectivity index (χ1v) is 12.7. The van der Waals surface area contributed by atoms with Crippen LogP contribution in [0.4, 0.5) is 5.69 Å². The van der Waals surface area contributed by atoms with Crippen LogP contribution < -0.4 is 4.31 Å². The number of aryl methyl sites for hydroxylation is 1. The van der Waals surface area contributed by atoms with Crippen LogP contribution in [0.25, 0.3) is 0 Å². The van der Waals surface area contributed by atoms with Crippen LogP contribution in [0.3, 0.4) is 0 Å². The summed E-state index contributed by atoms with van der Waals surface area (Å²) in [4.78, 5) is 17.2. The van der Waals surface area contributed by atoms with E-state index in [0.717, 1.165) is 44.3 Å². The van der Waals surface area contributed by atoms with Crippen LogP contribution in [0.2, 0.25) is 0 Å². The molecule has 2 unspecified atom stereocenters. The van der Waals surface area contributed by atoms with Gasteiger partial charge in [-0.3, -0.25) is 14.0 Å². The van der Waals surface area contributed by atoms with Gasteiger partial charge in [-0.1, -0.05) is 18.2 Å². The molecule has 168 valence electrons. The molecule has 2 heterocycles. The smallest absolute Gasteiger partial charge is 0.243 e. The van der Waals surface area contributed by atoms with E-state index < -0.39 is 10.0 Å². The van der Waals surface area contributed by atoms with Crippen LogP contribution in [-0.4, -0.2) is 81.9 Å². The summed E-state index contributed by atoms with van der Waals surface area (Å²) < 4.78 is 31.8. The maximum atomic E-state index is 12.9. The Morgan fingerprint density at radius 2 is 1.73 bits per heavy atom. The minimum atomic E-state index is -3.55. The average molecular weight is 438 g/mol. The lowest BCUT2D eigenvalue weighted by Crippen LogP contribution is -2.50. The summed E-state index contributed by atoms with van der Waals surface area (Å²) in [7, 11) is -3.55. The highest BCUT2D eigenvalue weighted by atomic mass is 32.2. The SMILES string of the molecule is Cc1ccccc1N(CC(=O)N1CCC(CN2CC(C)OC(C)C2)CC1)S(C)(=O)=O. The highest BCUT2D eigenvalue weighted by Crippen LogP contribution is 2.24. The molecule has 2 atom stereocenters. The van der Waals surface area contributed by atoms with Crippen LogP contribution >= 0.6 is 0 Å². The van der Waals surface area contributed by atoms with Gasteiger partial charge in [0.1, 0.15) is 6.54 Å². The number of benzene rings is 1. The van der Waals surface area contributed by atoms with Crippen molar-refractivity contribution >= 4 is 21.6 Å². The topological polar surface area (TPSA) is 70.2 Å². The Bertz CT molecular complexity index is 827. The van der Waals surface area contributed by atoms with Crippen molar-refractivity contribution in [2.75, 3.05) is 49.8 Å². The fourth-order valence-electron chi connectivity index (χ4n) is 4.61. The number of carbonyl (C=O) groups excluding carboxylic acids is 1. The van der Waals surface area contributed by atoms with Crippen LogP contribution in [0, 0.1) is 12.8 Å². The van der Waals surface area contributed by atoms with Gasteiger partial charge in [0, 0.05) is 32.7 Å². The van der Waals surface area contributed by atoms with E-state index in [1.54, 1.807) is 12.1 Å². The number of piperidine rings is 1. The van der Waals surface area contributed by atoms with Gasteiger partial charge in [-0.15, -0.1) is 0 Å². The molecule has 0 aliphatic carbocycles. The van der Waals surface area contributed by atoms with Gasteiger partial charge in [-0.05, 0) is 51.2 Å². The number of sulfonamides is 1. The molecule has 0 aromatic heterocycles. The normalized spacial score (nSPS) is 24.1. The Balaban J connectivity index is 1.56. The molecule has 0 spiro atoms. The molecule has 0 saturated carbocycles. The van der Waals surface area contributed by atoms with Crippen molar-refractivity contribution < 1.29 is 17.9 Å². The second kappa shape index (κ2) is 9.66. The summed E-state index contributed by atoms with van der Waals surface area (Å²) in [6, 6.07) is 7.27. The van der Waals surface area contributed by atoms with E-state index in [2.05, 4.69) is 18.7 Å². The number of morpholine rings is 1. The maximum Gasteiger partial charge on any atom is 0.243 e. The first-order chi connectivity index (χ1) is 14.1. The molecule has 8 heteroatoms. The Kier molecular flexibility index (Phi) is 7.42. The zero-order valence-electron chi connectivity index (χ0n) is 18.6. The molecule has 3 rings (SSSR count). The van der Waals surface area contributed by atoms with Gasteiger partial charge in [0.25, 0.3) is 0 Å². The number of ether oxygens (including phenoxy) is 1. The Hall–Kier alpha value is -1.64. The summed E-state index contributed by atoms with van der Waals surface area (Å²) in [5.41, 5.74) is 1.40. The third kappa shape index (κ3) is 5.95. The lowest BCUT2D eigenvalue weighted by molar-refractivity contribution is -0.131. The van der Waals surface area contributed by atoms with Gasteiger partial charge in [0.15, 0.2) is 0 Å². The summed E-state index contributed by atoms with van der Waals surface area (Å²) in [5.74, 6) is 0.435. The fourth-order valence-corrected chi connectivity index (χ4v) is 5.52. The van der Waals surface area contributed by atoms with Crippen LogP contribution in [0.5, 0.6) is 0 Å². The monoisotopic (exact) mass is 437 g/mol. The lowest BCUT2D eigenvalue weighted by atomic mass is 9.95. The molecular weight excluding hydrogens is 402 g/mol. The number of anilines is 1. The molecule has 1 amide bonds. The Morgan fingerprint density at radius 1 is 1.13 bits per heavy atom. The van der Waals surface area contributed by atoms with E-state index in [4.69, 9.17) is 4.74 Å². The summed E-state index contributed by atoms with van der Waals surface area (Å²) in [6.45, 7) is 10.3. The van der Waals surface area contributed by atoms with Gasteiger partial charge in [-0.2, -0.15) is 0 Å². The van der Waals surface area contributed by atoms with Crippen molar-refractivity contribution in [2.45, 2.75) is 45.8 Å². The first kappa shape index (κ1) is 23.0. The molecule has 0 bridgehead atoms. The minimum Gasteiger partial charge on any atom is -0.373 e. The number of rotatable bonds is 6. The van der Waals surface area contributed by atoms with E-state index in [9.17, 15) is 13.2 Å². The molecule has 2 aliphatic rings. The van der Waals surface area contributed by atoms with Gasteiger partial charge < -0.3 is 9.64 Å². The number of nitrogens with zero attached hydrogens (tertiary/aromatic N) is 3. The van der Waals surface area contributed by atoms with Crippen molar-refractivity contribution in [3.05, 3.63) is 29.8 Å². The van der Waals surface area contributed by atoms with Gasteiger partial charge in [0.2, 0.25) is 15.9 Å². The van der Waals surface area contributed by atoms with Crippen molar-refractivity contribution in [1.29, 1.82) is 0 Å². The molecule has 1 aromatic carbocycles. The number of likely N-dealkylation sites (tertiary alicyclic amines) is 1. The first-order valence-electron chi connectivity index (χ1n) is 10.8. The molecule has 2 fully saturated rings. The van der Waals surface area contributed by atoms with E-state index in [-0.39, 0.29) is 24.7 Å². The number of para-hydroxylation sites is 1. The molecule has 0 N–H and O–H groups in total. The second-order valence-electron chi connectivity index (χ2n) is 8.86. The predicted molar refractivity (Wildman–Crippen MR) is 119 cm³/mol. The van der Waals surface area contributed by atoms with Crippen LogP contribution in [-0.2, 0) is 19.6 Å². The zero-order chi connectivity index (χ0) is 21.9. The molecule has 1 aromatic rings. The van der Waals surface area contributed by atoms with Gasteiger partial charge in [0.05, 0.1) is 24.2 Å². The Labute approximate surface area is 181 Å². The third-order valence-electron chi connectivity index (χ3n) is 6.04. The van der Waals surface area contributed by atoms with Crippen molar-refractivity contribution in [3.63, 3.8) is 0 Å². The van der Waals surface area contributed by atoms with Crippen molar-refractivity contribution in [2.24, 2.45) is 5.92 Å². The molecular formula is C22H35N3O4S. The lowest BCUT2D eigenvalue weighted by Gasteiger charge is -2.39. The van der Waals surface area contributed by atoms with E-state index in [0.29, 0.717) is 24.7 Å². The fraction of sp³-hybridized carbons (Fsp3) is 0.682. The van der Waals surface area contributed by atoms with Gasteiger partial charge in [-0.25, -0.2) is 8.42 Å². The summed E-state index contributed by atoms with van der Waals surface area (Å²) >= 11 is 0. The summed E-state index contributed by atoms with van der Waals surface area (Å²) in [5, 5.41) is 0. The summed E-state index contributed by atoms with van der Waals surface area (Å²) in [6.07, 6.45) is 3.59. The zero-order valence-corrected chi connectivity index (χ0v) is 19.4. The molecule has 0 radical (unpaired) electrons. The second-order valence-corrected chi connectivity index (χ2v) is 10.8. The van der Waals surface area contributed by atoms with E-state index >= 15 is 0 Å². The number of hydrogen-bond donors (Lipinski definition) is 0. The third-order valence-corrected chi connectivity index (χ3v) is 7.17. The molecule has 7 nitrogen and oxygen atoms in total. The highest BCUT2D eigenvalue weighted by Gasteiger charge is 2.30.